The van der Waals surface area contributed by atoms with Crippen LogP contribution in [-0.2, 0) is 8.92 Å². The zero-order valence-electron chi connectivity index (χ0n) is 3.61. The standard InChI is InChI=1S/Li.Mg.2H2O3Si.3H/c;;2*1-4(2)3;;;/h;;2*1-2H;;;. The topological polar surface area (TPSA) is 115 Å². The quantitative estimate of drug-likeness (QED) is 0.285. The van der Waals surface area contributed by atoms with E-state index in [0.29, 0.717) is 0 Å². The van der Waals surface area contributed by atoms with Crippen LogP contribution in [0.2, 0.25) is 0 Å². The monoisotopic (exact) mass is 190 g/mol. The average Bonchev–Trinajstić information content (AvgIpc) is 1.25. The third kappa shape index (κ3) is 1390. The van der Waals surface area contributed by atoms with Crippen LogP contribution in [0.1, 0.15) is 0 Å². The van der Waals surface area contributed by atoms with Gasteiger partial charge in [0.1, 0.15) is 0 Å². The maximum atomic E-state index is 8.74. The van der Waals surface area contributed by atoms with E-state index in [9.17, 15) is 0 Å². The van der Waals surface area contributed by atoms with Crippen molar-refractivity contribution in [2.24, 2.45) is 0 Å². The van der Waals surface area contributed by atoms with Crippen molar-refractivity contribution in [3.05, 3.63) is 0 Å². The van der Waals surface area contributed by atoms with Gasteiger partial charge < -0.3 is 19.2 Å². The molecular weight excluding hydrogens is 183 g/mol. The normalized spacial score (nSPS) is 4.80. The van der Waals surface area contributed by atoms with E-state index in [-0.39, 0.29) is 41.9 Å². The number of hydrogen-bond acceptors (Lipinski definition) is 2. The van der Waals surface area contributed by atoms with Crippen LogP contribution in [0.4, 0.5) is 0 Å². The van der Waals surface area contributed by atoms with Gasteiger partial charge in [-0.3, -0.25) is 8.92 Å². The third-order valence-electron chi connectivity index (χ3n) is 0. The predicted molar refractivity (Wildman–Crippen MR) is 37.4 cm³/mol. The largest absolute Gasteiger partial charge is 0.316 e. The average molecular weight is 190 g/mol. The second-order valence-electron chi connectivity index (χ2n) is 0.565. The van der Waals surface area contributed by atoms with Crippen LogP contribution in [0.15, 0.2) is 0 Å². The molecule has 0 amide bonds. The van der Waals surface area contributed by atoms with Gasteiger partial charge in [-0.25, -0.2) is 0 Å². The molecule has 0 spiro atoms. The van der Waals surface area contributed by atoms with Gasteiger partial charge in [0.15, 0.2) is 0 Å². The van der Waals surface area contributed by atoms with Crippen LogP contribution >= 0.6 is 0 Å². The fourth-order valence-corrected chi connectivity index (χ4v) is 0. The van der Waals surface area contributed by atoms with Crippen molar-refractivity contribution in [3.63, 3.8) is 0 Å². The molecule has 0 rings (SSSR count). The smallest absolute Gasteiger partial charge is 0.316 e. The zero-order chi connectivity index (χ0) is 7.15. The summed E-state index contributed by atoms with van der Waals surface area (Å²) in [6, 6.07) is 0. The third-order valence-corrected chi connectivity index (χ3v) is 0. The Labute approximate surface area is 88.0 Å². The summed E-state index contributed by atoms with van der Waals surface area (Å²) in [5.41, 5.74) is 0. The van der Waals surface area contributed by atoms with Gasteiger partial charge in [-0.05, 0) is 0 Å². The Hall–Kier alpha value is 0.597. The van der Waals surface area contributed by atoms with E-state index in [2.05, 4.69) is 0 Å². The van der Waals surface area contributed by atoms with E-state index in [4.69, 9.17) is 28.1 Å². The van der Waals surface area contributed by atoms with Crippen LogP contribution < -0.4 is 0 Å². The predicted octanol–water partition coefficient (Wildman–Crippen LogP) is -4.79. The molecule has 0 aromatic rings. The van der Waals surface area contributed by atoms with Crippen molar-refractivity contribution in [3.8, 4) is 0 Å². The first-order chi connectivity index (χ1) is 3.46. The zero-order valence-corrected chi connectivity index (χ0v) is 5.61. The Balaban J connectivity index is -0.0000000300. The van der Waals surface area contributed by atoms with Gasteiger partial charge in [0.05, 0.1) is 0 Å². The maximum Gasteiger partial charge on any atom is 0.316 e. The van der Waals surface area contributed by atoms with E-state index >= 15 is 0 Å². The van der Waals surface area contributed by atoms with Gasteiger partial charge in [0, 0.05) is 0 Å². The van der Waals surface area contributed by atoms with E-state index in [1.807, 2.05) is 0 Å². The molecular formula is H7LiMgO6Si2. The summed E-state index contributed by atoms with van der Waals surface area (Å²) in [6.45, 7) is 0. The fraction of sp³-hybridized carbons (Fsp3) is 0. The summed E-state index contributed by atoms with van der Waals surface area (Å²) in [7, 11) is -6.26. The molecule has 0 aromatic heterocycles. The van der Waals surface area contributed by atoms with Crippen molar-refractivity contribution in [1.29, 1.82) is 0 Å². The molecule has 4 N–H and O–H groups in total. The van der Waals surface area contributed by atoms with Crippen LogP contribution in [0.25, 0.3) is 0 Å². The van der Waals surface area contributed by atoms with Crippen molar-refractivity contribution >= 4 is 60.3 Å². The molecule has 0 aliphatic heterocycles. The first kappa shape index (κ1) is 22.4. The van der Waals surface area contributed by atoms with Crippen LogP contribution in [0.3, 0.4) is 0 Å². The Morgan fingerprint density at radius 2 is 0.800 bits per heavy atom. The first-order valence-corrected chi connectivity index (χ1v) is 3.91. The summed E-state index contributed by atoms with van der Waals surface area (Å²) in [5.74, 6) is 0. The van der Waals surface area contributed by atoms with Gasteiger partial charge >= 0.3 is 60.3 Å². The van der Waals surface area contributed by atoms with Gasteiger partial charge in [-0.15, -0.1) is 0 Å². The molecule has 0 aliphatic rings. The van der Waals surface area contributed by atoms with Gasteiger partial charge in [0.2, 0.25) is 0 Å². The summed E-state index contributed by atoms with van der Waals surface area (Å²) in [5, 5.41) is 0. The second kappa shape index (κ2) is 16.3. The van der Waals surface area contributed by atoms with Crippen molar-refractivity contribution in [1.82, 2.24) is 0 Å². The number of rotatable bonds is 0. The number of hydrogen-bond donors (Lipinski definition) is 4. The SMILES string of the molecule is O=[Si](O)O.O=[Si](O)O.[LiH].[MgH2]. The molecule has 0 radical (unpaired) electrons. The van der Waals surface area contributed by atoms with Crippen LogP contribution in [0.5, 0.6) is 0 Å². The molecule has 54 valence electrons. The van der Waals surface area contributed by atoms with Gasteiger partial charge in [-0.2, -0.15) is 0 Å². The van der Waals surface area contributed by atoms with Crippen LogP contribution in [-0.4, -0.2) is 79.4 Å². The molecule has 0 aromatic carbocycles. The van der Waals surface area contributed by atoms with E-state index in [1.165, 1.54) is 0 Å². The Morgan fingerprint density at radius 3 is 0.800 bits per heavy atom. The molecule has 0 unspecified atom stereocenters. The van der Waals surface area contributed by atoms with E-state index in [0.717, 1.165) is 0 Å². The molecule has 0 saturated carbocycles. The molecule has 0 atom stereocenters. The molecule has 0 bridgehead atoms. The molecule has 10 heavy (non-hydrogen) atoms. The van der Waals surface area contributed by atoms with Gasteiger partial charge in [-0.1, -0.05) is 0 Å². The molecule has 0 saturated heterocycles. The minimum Gasteiger partial charge on any atom is 0.316 e. The summed E-state index contributed by atoms with van der Waals surface area (Å²) in [6.07, 6.45) is 0. The molecule has 6 nitrogen and oxygen atoms in total. The minimum atomic E-state index is -3.13. The van der Waals surface area contributed by atoms with Crippen LogP contribution in [0, 0.1) is 0 Å². The van der Waals surface area contributed by atoms with Crippen molar-refractivity contribution < 1.29 is 28.1 Å². The Kier molecular flexibility index (Phi) is 36.6. The van der Waals surface area contributed by atoms with E-state index in [1.54, 1.807) is 0 Å². The van der Waals surface area contributed by atoms with Gasteiger partial charge in [0.25, 0.3) is 0 Å². The summed E-state index contributed by atoms with van der Waals surface area (Å²) in [4.78, 5) is 28.6. The molecule has 10 heteroatoms. The second-order valence-corrected chi connectivity index (χ2v) is 1.70. The molecule has 0 fully saturated rings. The Bertz CT molecular complexity index is 73.7. The first-order valence-electron chi connectivity index (χ1n) is 1.30. The Morgan fingerprint density at radius 1 is 0.800 bits per heavy atom. The minimum absolute atomic E-state index is 0. The van der Waals surface area contributed by atoms with E-state index < -0.39 is 18.3 Å². The molecule has 0 heterocycles. The van der Waals surface area contributed by atoms with Crippen molar-refractivity contribution in [2.45, 2.75) is 0 Å². The maximum absolute atomic E-state index is 8.74. The summed E-state index contributed by atoms with van der Waals surface area (Å²) < 4.78 is 17.5. The molecule has 0 aliphatic carbocycles. The summed E-state index contributed by atoms with van der Waals surface area (Å²) >= 11 is 0. The fourth-order valence-electron chi connectivity index (χ4n) is 0. The van der Waals surface area contributed by atoms with Crippen molar-refractivity contribution in [2.75, 3.05) is 0 Å².